The predicted molar refractivity (Wildman–Crippen MR) is 240 cm³/mol. The largest absolute Gasteiger partial charge is 0.310 e. The Morgan fingerprint density at radius 2 is 0.839 bits per heavy atom. The van der Waals surface area contributed by atoms with E-state index in [1.807, 2.05) is 0 Å². The van der Waals surface area contributed by atoms with Crippen molar-refractivity contribution in [2.75, 3.05) is 4.90 Å². The Bertz CT molecular complexity index is 3150. The SMILES string of the molecule is CC1(C)c2ccccc2-c2cc(N(c3ccc(-c4cccc5ccccc45)cc3)c3ccc(-c4cc5ccc6ccccc6c5c5ccccc45)cc3)ccc21. The van der Waals surface area contributed by atoms with Gasteiger partial charge in [0.05, 0.1) is 0 Å². The Morgan fingerprint density at radius 3 is 1.59 bits per heavy atom. The molecule has 0 aliphatic heterocycles. The average molecular weight is 714 g/mol. The lowest BCUT2D eigenvalue weighted by Crippen LogP contribution is -2.15. The van der Waals surface area contributed by atoms with Crippen LogP contribution in [0.3, 0.4) is 0 Å². The third-order valence-corrected chi connectivity index (χ3v) is 12.2. The van der Waals surface area contributed by atoms with Crippen LogP contribution in [-0.4, -0.2) is 0 Å². The van der Waals surface area contributed by atoms with E-state index in [4.69, 9.17) is 0 Å². The van der Waals surface area contributed by atoms with Crippen molar-refractivity contribution in [1.29, 1.82) is 0 Å². The van der Waals surface area contributed by atoms with Gasteiger partial charge in [-0.3, -0.25) is 0 Å². The molecule has 264 valence electrons. The summed E-state index contributed by atoms with van der Waals surface area (Å²) in [6.07, 6.45) is 0. The Balaban J connectivity index is 1.05. The molecular weight excluding hydrogens is 675 g/mol. The summed E-state index contributed by atoms with van der Waals surface area (Å²) >= 11 is 0. The van der Waals surface area contributed by atoms with Crippen LogP contribution in [-0.2, 0) is 5.41 Å². The highest BCUT2D eigenvalue weighted by Gasteiger charge is 2.35. The maximum Gasteiger partial charge on any atom is 0.0468 e. The van der Waals surface area contributed by atoms with Crippen LogP contribution in [0.15, 0.2) is 200 Å². The molecule has 0 atom stereocenters. The van der Waals surface area contributed by atoms with Crippen molar-refractivity contribution >= 4 is 60.2 Å². The molecule has 1 aliphatic carbocycles. The zero-order valence-electron chi connectivity index (χ0n) is 31.5. The molecule has 0 radical (unpaired) electrons. The molecule has 1 heteroatoms. The lowest BCUT2D eigenvalue weighted by Gasteiger charge is -2.27. The van der Waals surface area contributed by atoms with Crippen LogP contribution in [0, 0.1) is 0 Å². The molecule has 10 aromatic carbocycles. The van der Waals surface area contributed by atoms with Crippen molar-refractivity contribution in [2.45, 2.75) is 19.3 Å². The van der Waals surface area contributed by atoms with Crippen molar-refractivity contribution < 1.29 is 0 Å². The minimum absolute atomic E-state index is 0.0496. The Kier molecular flexibility index (Phi) is 7.28. The van der Waals surface area contributed by atoms with Gasteiger partial charge in [-0.15, -0.1) is 0 Å². The fourth-order valence-corrected chi connectivity index (χ4v) is 9.47. The molecule has 56 heavy (non-hydrogen) atoms. The minimum Gasteiger partial charge on any atom is -0.310 e. The van der Waals surface area contributed by atoms with E-state index in [2.05, 4.69) is 219 Å². The number of benzene rings is 10. The van der Waals surface area contributed by atoms with Crippen LogP contribution in [0.25, 0.3) is 76.5 Å². The molecule has 0 N–H and O–H groups in total. The smallest absolute Gasteiger partial charge is 0.0468 e. The molecule has 0 heterocycles. The highest BCUT2D eigenvalue weighted by Crippen LogP contribution is 2.51. The number of anilines is 3. The molecule has 0 saturated carbocycles. The van der Waals surface area contributed by atoms with E-state index >= 15 is 0 Å². The molecule has 1 aliphatic rings. The number of hydrogen-bond donors (Lipinski definition) is 0. The fraction of sp³-hybridized carbons (Fsp3) is 0.0545. The molecule has 0 aromatic heterocycles. The van der Waals surface area contributed by atoms with Crippen LogP contribution in [0.2, 0.25) is 0 Å². The van der Waals surface area contributed by atoms with Gasteiger partial charge in [0.1, 0.15) is 0 Å². The first-order chi connectivity index (χ1) is 27.5. The van der Waals surface area contributed by atoms with Crippen molar-refractivity contribution in [3.8, 4) is 33.4 Å². The second-order valence-electron chi connectivity index (χ2n) is 15.7. The van der Waals surface area contributed by atoms with E-state index in [9.17, 15) is 0 Å². The van der Waals surface area contributed by atoms with Gasteiger partial charge in [-0.25, -0.2) is 0 Å². The van der Waals surface area contributed by atoms with Crippen molar-refractivity contribution in [3.05, 3.63) is 211 Å². The predicted octanol–water partition coefficient (Wildman–Crippen LogP) is 15.4. The van der Waals surface area contributed by atoms with Gasteiger partial charge in [0.25, 0.3) is 0 Å². The summed E-state index contributed by atoms with van der Waals surface area (Å²) in [5, 5.41) is 10.2. The van der Waals surface area contributed by atoms with Crippen LogP contribution in [0.1, 0.15) is 25.0 Å². The maximum absolute atomic E-state index is 2.41. The van der Waals surface area contributed by atoms with Gasteiger partial charge in [-0.1, -0.05) is 172 Å². The first-order valence-corrected chi connectivity index (χ1v) is 19.6. The number of hydrogen-bond acceptors (Lipinski definition) is 1. The molecule has 11 rings (SSSR count). The van der Waals surface area contributed by atoms with E-state index < -0.39 is 0 Å². The fourth-order valence-electron chi connectivity index (χ4n) is 9.47. The van der Waals surface area contributed by atoms with Gasteiger partial charge in [0.2, 0.25) is 0 Å². The number of fused-ring (bicyclic) bond motifs is 9. The Hall–Kier alpha value is -6.96. The molecule has 0 fully saturated rings. The first-order valence-electron chi connectivity index (χ1n) is 19.6. The van der Waals surface area contributed by atoms with Crippen LogP contribution >= 0.6 is 0 Å². The van der Waals surface area contributed by atoms with E-state index in [1.54, 1.807) is 0 Å². The van der Waals surface area contributed by atoms with Gasteiger partial charge in [0, 0.05) is 22.5 Å². The minimum atomic E-state index is -0.0496. The standard InChI is InChI=1S/C55H39N/c1-55(2)52-21-10-9-18-48(52)51-35-43(32-33-53(51)55)56(41-28-24-38(25-29-41)45-20-11-14-36-12-3-5-15-44(36)45)42-30-26-39(27-31-42)50-34-40-23-22-37-13-4-6-16-46(37)54(40)49-19-8-7-17-47(49)50/h3-35H,1-2H3. The second-order valence-corrected chi connectivity index (χ2v) is 15.7. The van der Waals surface area contributed by atoms with Crippen LogP contribution < -0.4 is 4.90 Å². The quantitative estimate of drug-likeness (QED) is 0.161. The molecule has 1 nitrogen and oxygen atoms in total. The Labute approximate surface area is 327 Å². The summed E-state index contributed by atoms with van der Waals surface area (Å²) in [6.45, 7) is 4.69. The summed E-state index contributed by atoms with van der Waals surface area (Å²) in [7, 11) is 0. The average Bonchev–Trinajstić information content (AvgIpc) is 3.49. The van der Waals surface area contributed by atoms with E-state index in [0.29, 0.717) is 0 Å². The van der Waals surface area contributed by atoms with Gasteiger partial charge in [-0.2, -0.15) is 0 Å². The molecule has 0 bridgehead atoms. The van der Waals surface area contributed by atoms with Gasteiger partial charge >= 0.3 is 0 Å². The summed E-state index contributed by atoms with van der Waals surface area (Å²) in [4.78, 5) is 2.41. The highest BCUT2D eigenvalue weighted by molar-refractivity contribution is 6.23. The highest BCUT2D eigenvalue weighted by atomic mass is 15.1. The van der Waals surface area contributed by atoms with Crippen LogP contribution in [0.4, 0.5) is 17.1 Å². The summed E-state index contributed by atoms with van der Waals surface area (Å²) in [5.41, 5.74) is 13.6. The van der Waals surface area contributed by atoms with E-state index in [-0.39, 0.29) is 5.41 Å². The lowest BCUT2D eigenvalue weighted by molar-refractivity contribution is 0.660. The van der Waals surface area contributed by atoms with E-state index in [1.165, 1.54) is 87.6 Å². The topological polar surface area (TPSA) is 3.24 Å². The van der Waals surface area contributed by atoms with Gasteiger partial charge in [-0.05, 0) is 130 Å². The van der Waals surface area contributed by atoms with Crippen molar-refractivity contribution in [2.24, 2.45) is 0 Å². The van der Waals surface area contributed by atoms with Crippen LogP contribution in [0.5, 0.6) is 0 Å². The molecule has 0 amide bonds. The van der Waals surface area contributed by atoms with E-state index in [0.717, 1.165) is 17.1 Å². The summed E-state index contributed by atoms with van der Waals surface area (Å²) in [6, 6.07) is 73.9. The molecule has 10 aromatic rings. The first kappa shape index (κ1) is 32.5. The molecule has 0 spiro atoms. The lowest BCUT2D eigenvalue weighted by atomic mass is 9.82. The van der Waals surface area contributed by atoms with Crippen molar-refractivity contribution in [3.63, 3.8) is 0 Å². The third-order valence-electron chi connectivity index (χ3n) is 12.2. The van der Waals surface area contributed by atoms with Gasteiger partial charge in [0.15, 0.2) is 0 Å². The molecular formula is C55H39N. The Morgan fingerprint density at radius 1 is 0.321 bits per heavy atom. The zero-order valence-corrected chi connectivity index (χ0v) is 31.5. The zero-order chi connectivity index (χ0) is 37.4. The summed E-state index contributed by atoms with van der Waals surface area (Å²) < 4.78 is 0. The third kappa shape index (κ3) is 5.01. The maximum atomic E-state index is 2.41. The van der Waals surface area contributed by atoms with Gasteiger partial charge < -0.3 is 4.90 Å². The molecule has 0 saturated heterocycles. The number of nitrogens with zero attached hydrogens (tertiary/aromatic N) is 1. The molecule has 0 unspecified atom stereocenters. The normalized spacial score (nSPS) is 13.0. The summed E-state index contributed by atoms with van der Waals surface area (Å²) in [5.74, 6) is 0. The second kappa shape index (κ2) is 12.5. The number of rotatable bonds is 5. The van der Waals surface area contributed by atoms with Crippen molar-refractivity contribution in [1.82, 2.24) is 0 Å². The monoisotopic (exact) mass is 713 g/mol.